The van der Waals surface area contributed by atoms with Crippen molar-refractivity contribution in [1.82, 2.24) is 5.32 Å². The maximum atomic E-state index is 14.2. The fourth-order valence-electron chi connectivity index (χ4n) is 2.83. The second-order valence-corrected chi connectivity index (χ2v) is 5.90. The van der Waals surface area contributed by atoms with Crippen LogP contribution in [0, 0.1) is 5.82 Å². The summed E-state index contributed by atoms with van der Waals surface area (Å²) >= 11 is 0. The Morgan fingerprint density at radius 1 is 1.05 bits per heavy atom. The van der Waals surface area contributed by atoms with E-state index >= 15 is 0 Å². The normalized spacial score (nSPS) is 13.8. The van der Waals surface area contributed by atoms with Gasteiger partial charge in [0.25, 0.3) is 0 Å². The SMILES string of the molecule is CC(C)NCc1c(F)cccc1N1Cc2ccccc2C1. The number of anilines is 1. The van der Waals surface area contributed by atoms with Crippen molar-refractivity contribution < 1.29 is 4.39 Å². The van der Waals surface area contributed by atoms with Crippen molar-refractivity contribution in [2.75, 3.05) is 4.90 Å². The molecule has 1 aliphatic rings. The van der Waals surface area contributed by atoms with E-state index in [-0.39, 0.29) is 5.82 Å². The van der Waals surface area contributed by atoms with Crippen LogP contribution in [0.25, 0.3) is 0 Å². The van der Waals surface area contributed by atoms with Crippen molar-refractivity contribution in [3.05, 3.63) is 65.0 Å². The summed E-state index contributed by atoms with van der Waals surface area (Å²) in [7, 11) is 0. The van der Waals surface area contributed by atoms with Crippen LogP contribution in [0.3, 0.4) is 0 Å². The van der Waals surface area contributed by atoms with Crippen LogP contribution >= 0.6 is 0 Å². The van der Waals surface area contributed by atoms with Crippen LogP contribution in [-0.2, 0) is 19.6 Å². The zero-order valence-electron chi connectivity index (χ0n) is 12.6. The number of nitrogens with zero attached hydrogens (tertiary/aromatic N) is 1. The second-order valence-electron chi connectivity index (χ2n) is 5.90. The highest BCUT2D eigenvalue weighted by Gasteiger charge is 2.22. The Morgan fingerprint density at radius 3 is 2.33 bits per heavy atom. The molecular weight excluding hydrogens is 263 g/mol. The lowest BCUT2D eigenvalue weighted by atomic mass is 10.1. The Morgan fingerprint density at radius 2 is 1.71 bits per heavy atom. The standard InChI is InChI=1S/C18H21FN2/c1-13(2)20-10-16-17(19)8-5-9-18(16)21-11-14-6-3-4-7-15(14)12-21/h3-9,13,20H,10-12H2,1-2H3. The maximum absolute atomic E-state index is 14.2. The number of hydrogen-bond acceptors (Lipinski definition) is 2. The van der Waals surface area contributed by atoms with Crippen LogP contribution in [0.5, 0.6) is 0 Å². The molecule has 0 fully saturated rings. The summed E-state index contributed by atoms with van der Waals surface area (Å²) in [5, 5.41) is 3.32. The predicted molar refractivity (Wildman–Crippen MR) is 84.7 cm³/mol. The van der Waals surface area contributed by atoms with Gasteiger partial charge in [0.1, 0.15) is 5.82 Å². The summed E-state index contributed by atoms with van der Waals surface area (Å²) in [5.41, 5.74) is 4.44. The molecule has 3 rings (SSSR count). The molecule has 110 valence electrons. The maximum Gasteiger partial charge on any atom is 0.129 e. The molecular formula is C18H21FN2. The van der Waals surface area contributed by atoms with Crippen molar-refractivity contribution in [3.8, 4) is 0 Å². The molecule has 0 bridgehead atoms. The van der Waals surface area contributed by atoms with E-state index in [4.69, 9.17) is 0 Å². The highest BCUT2D eigenvalue weighted by molar-refractivity contribution is 5.57. The molecule has 0 aromatic heterocycles. The highest BCUT2D eigenvalue weighted by Crippen LogP contribution is 2.31. The van der Waals surface area contributed by atoms with E-state index in [1.165, 1.54) is 11.1 Å². The highest BCUT2D eigenvalue weighted by atomic mass is 19.1. The molecule has 0 saturated carbocycles. The van der Waals surface area contributed by atoms with Gasteiger partial charge in [0.05, 0.1) is 0 Å². The first-order chi connectivity index (χ1) is 10.1. The first-order valence-corrected chi connectivity index (χ1v) is 7.47. The zero-order chi connectivity index (χ0) is 14.8. The van der Waals surface area contributed by atoms with Gasteiger partial charge < -0.3 is 10.2 Å². The number of benzene rings is 2. The molecule has 2 aromatic carbocycles. The van der Waals surface area contributed by atoms with Gasteiger partial charge >= 0.3 is 0 Å². The van der Waals surface area contributed by atoms with Gasteiger partial charge in [-0.3, -0.25) is 0 Å². The Balaban J connectivity index is 1.88. The van der Waals surface area contributed by atoms with E-state index in [0.717, 1.165) is 24.3 Å². The van der Waals surface area contributed by atoms with Gasteiger partial charge in [0.15, 0.2) is 0 Å². The van der Waals surface area contributed by atoms with Gasteiger partial charge in [0, 0.05) is 36.9 Å². The minimum atomic E-state index is -0.128. The van der Waals surface area contributed by atoms with Crippen LogP contribution in [0.15, 0.2) is 42.5 Å². The van der Waals surface area contributed by atoms with Crippen LogP contribution in [0.2, 0.25) is 0 Å². The molecule has 0 unspecified atom stereocenters. The molecule has 0 atom stereocenters. The summed E-state index contributed by atoms with van der Waals surface area (Å²) in [6.07, 6.45) is 0. The Labute approximate surface area is 125 Å². The average molecular weight is 284 g/mol. The summed E-state index contributed by atoms with van der Waals surface area (Å²) in [5.74, 6) is -0.128. The molecule has 0 aliphatic carbocycles. The zero-order valence-corrected chi connectivity index (χ0v) is 12.6. The van der Waals surface area contributed by atoms with Crippen molar-refractivity contribution in [1.29, 1.82) is 0 Å². The molecule has 1 heterocycles. The number of nitrogens with one attached hydrogen (secondary N) is 1. The monoisotopic (exact) mass is 284 g/mol. The minimum absolute atomic E-state index is 0.128. The van der Waals surface area contributed by atoms with E-state index < -0.39 is 0 Å². The molecule has 1 N–H and O–H groups in total. The Bertz CT molecular complexity index is 612. The smallest absolute Gasteiger partial charge is 0.129 e. The first kappa shape index (κ1) is 14.1. The van der Waals surface area contributed by atoms with E-state index in [2.05, 4.69) is 48.3 Å². The van der Waals surface area contributed by atoms with E-state index in [1.54, 1.807) is 12.1 Å². The van der Waals surface area contributed by atoms with Crippen LogP contribution in [0.4, 0.5) is 10.1 Å². The van der Waals surface area contributed by atoms with E-state index in [0.29, 0.717) is 12.6 Å². The summed E-state index contributed by atoms with van der Waals surface area (Å²) in [4.78, 5) is 2.26. The molecule has 0 spiro atoms. The van der Waals surface area contributed by atoms with Gasteiger partial charge in [-0.05, 0) is 23.3 Å². The first-order valence-electron chi connectivity index (χ1n) is 7.47. The van der Waals surface area contributed by atoms with Gasteiger partial charge in [0.2, 0.25) is 0 Å². The van der Waals surface area contributed by atoms with Crippen LogP contribution in [-0.4, -0.2) is 6.04 Å². The lowest BCUT2D eigenvalue weighted by molar-refractivity contribution is 0.552. The fraction of sp³-hybridized carbons (Fsp3) is 0.333. The molecule has 2 nitrogen and oxygen atoms in total. The predicted octanol–water partition coefficient (Wildman–Crippen LogP) is 3.84. The number of hydrogen-bond donors (Lipinski definition) is 1. The minimum Gasteiger partial charge on any atom is -0.363 e. The number of rotatable bonds is 4. The number of halogens is 1. The molecule has 21 heavy (non-hydrogen) atoms. The third kappa shape index (κ3) is 2.93. The second kappa shape index (κ2) is 5.86. The van der Waals surface area contributed by atoms with Crippen molar-refractivity contribution in [3.63, 3.8) is 0 Å². The van der Waals surface area contributed by atoms with Crippen LogP contribution < -0.4 is 10.2 Å². The third-order valence-electron chi connectivity index (χ3n) is 3.96. The largest absolute Gasteiger partial charge is 0.363 e. The van der Waals surface area contributed by atoms with Gasteiger partial charge in [-0.25, -0.2) is 4.39 Å². The van der Waals surface area contributed by atoms with Gasteiger partial charge in [-0.1, -0.05) is 44.2 Å². The molecule has 2 aromatic rings. The van der Waals surface area contributed by atoms with Crippen molar-refractivity contribution in [2.24, 2.45) is 0 Å². The average Bonchev–Trinajstić information content (AvgIpc) is 2.89. The molecule has 0 amide bonds. The molecule has 3 heteroatoms. The van der Waals surface area contributed by atoms with Gasteiger partial charge in [-0.2, -0.15) is 0 Å². The Hall–Kier alpha value is -1.87. The van der Waals surface area contributed by atoms with E-state index in [1.807, 2.05) is 6.07 Å². The molecule has 1 aliphatic heterocycles. The Kier molecular flexibility index (Phi) is 3.93. The fourth-order valence-corrected chi connectivity index (χ4v) is 2.83. The lowest BCUT2D eigenvalue weighted by Gasteiger charge is -2.22. The quantitative estimate of drug-likeness (QED) is 0.917. The number of fused-ring (bicyclic) bond motifs is 1. The van der Waals surface area contributed by atoms with Crippen molar-refractivity contribution >= 4 is 5.69 Å². The van der Waals surface area contributed by atoms with Crippen LogP contribution in [0.1, 0.15) is 30.5 Å². The summed E-state index contributed by atoms with van der Waals surface area (Å²) in [6.45, 7) is 6.42. The molecule has 0 radical (unpaired) electrons. The topological polar surface area (TPSA) is 15.3 Å². The summed E-state index contributed by atoms with van der Waals surface area (Å²) in [6, 6.07) is 14.1. The van der Waals surface area contributed by atoms with E-state index in [9.17, 15) is 4.39 Å². The lowest BCUT2D eigenvalue weighted by Crippen LogP contribution is -2.25. The third-order valence-corrected chi connectivity index (χ3v) is 3.96. The summed E-state index contributed by atoms with van der Waals surface area (Å²) < 4.78 is 14.2. The van der Waals surface area contributed by atoms with Gasteiger partial charge in [-0.15, -0.1) is 0 Å². The van der Waals surface area contributed by atoms with Crippen molar-refractivity contribution in [2.45, 2.75) is 39.5 Å². The molecule has 0 saturated heterocycles.